The van der Waals surface area contributed by atoms with Gasteiger partial charge < -0.3 is 10.6 Å². The van der Waals surface area contributed by atoms with Crippen molar-refractivity contribution in [2.75, 3.05) is 5.32 Å². The molecule has 1 atom stereocenters. The van der Waals surface area contributed by atoms with Crippen molar-refractivity contribution in [1.29, 1.82) is 0 Å². The van der Waals surface area contributed by atoms with Gasteiger partial charge in [0.1, 0.15) is 17.7 Å². The molecule has 6 heteroatoms. The average molecular weight is 346 g/mol. The summed E-state index contributed by atoms with van der Waals surface area (Å²) >= 11 is 0. The quantitative estimate of drug-likeness (QED) is 0.868. The van der Waals surface area contributed by atoms with Gasteiger partial charge in [0.05, 0.1) is 5.69 Å². The molecule has 4 nitrogen and oxygen atoms in total. The Hall–Kier alpha value is -2.76. The molecule has 0 heterocycles. The molecule has 0 spiro atoms. The fourth-order valence-corrected chi connectivity index (χ4v) is 2.31. The first-order valence-electron chi connectivity index (χ1n) is 7.91. The first-order valence-corrected chi connectivity index (χ1v) is 7.91. The lowest BCUT2D eigenvalue weighted by Crippen LogP contribution is -2.47. The van der Waals surface area contributed by atoms with Crippen molar-refractivity contribution < 1.29 is 18.4 Å². The van der Waals surface area contributed by atoms with E-state index in [1.54, 1.807) is 26.8 Å². The van der Waals surface area contributed by atoms with Gasteiger partial charge in [-0.05, 0) is 54.8 Å². The molecule has 0 saturated heterocycles. The minimum Gasteiger partial charge on any atom is -0.340 e. The van der Waals surface area contributed by atoms with E-state index in [0.717, 1.165) is 5.56 Å². The Labute approximate surface area is 145 Å². The smallest absolute Gasteiger partial charge is 0.251 e. The molecule has 0 radical (unpaired) electrons. The van der Waals surface area contributed by atoms with E-state index in [9.17, 15) is 18.4 Å². The standard InChI is InChI=1S/C19H20F2N2O2/c1-11(2)17(23-18(24)13-5-7-14(20)8-6-13)19(25)22-16-10-12(3)4-9-15(16)21/h4-11,17H,1-3H3,(H,22,25)(H,23,24)/t17-/m0/s1. The van der Waals surface area contributed by atoms with Crippen LogP contribution in [0.1, 0.15) is 29.8 Å². The zero-order valence-corrected chi connectivity index (χ0v) is 14.3. The number of benzene rings is 2. The van der Waals surface area contributed by atoms with Crippen molar-refractivity contribution in [3.8, 4) is 0 Å². The first-order chi connectivity index (χ1) is 11.8. The van der Waals surface area contributed by atoms with Crippen LogP contribution in [0.2, 0.25) is 0 Å². The van der Waals surface area contributed by atoms with Gasteiger partial charge in [-0.2, -0.15) is 0 Å². The molecule has 0 aliphatic rings. The Morgan fingerprint density at radius 2 is 1.64 bits per heavy atom. The highest BCUT2D eigenvalue weighted by Crippen LogP contribution is 2.17. The normalized spacial score (nSPS) is 11.9. The Morgan fingerprint density at radius 3 is 2.24 bits per heavy atom. The van der Waals surface area contributed by atoms with Crippen LogP contribution in [0.5, 0.6) is 0 Å². The van der Waals surface area contributed by atoms with Crippen molar-refractivity contribution in [2.24, 2.45) is 5.92 Å². The van der Waals surface area contributed by atoms with E-state index in [1.807, 2.05) is 0 Å². The van der Waals surface area contributed by atoms with E-state index in [1.165, 1.54) is 36.4 Å². The minimum atomic E-state index is -0.863. The number of amides is 2. The second-order valence-electron chi connectivity index (χ2n) is 6.17. The van der Waals surface area contributed by atoms with Gasteiger partial charge in [-0.15, -0.1) is 0 Å². The van der Waals surface area contributed by atoms with Gasteiger partial charge in [0, 0.05) is 5.56 Å². The van der Waals surface area contributed by atoms with E-state index in [2.05, 4.69) is 10.6 Å². The molecule has 0 aliphatic heterocycles. The van der Waals surface area contributed by atoms with Crippen LogP contribution in [0.4, 0.5) is 14.5 Å². The molecule has 0 unspecified atom stereocenters. The van der Waals surface area contributed by atoms with E-state index in [4.69, 9.17) is 0 Å². The molecule has 2 aromatic carbocycles. The molecule has 2 amide bonds. The predicted octanol–water partition coefficient (Wildman–Crippen LogP) is 3.67. The summed E-state index contributed by atoms with van der Waals surface area (Å²) in [7, 11) is 0. The lowest BCUT2D eigenvalue weighted by atomic mass is 10.0. The van der Waals surface area contributed by atoms with Crippen molar-refractivity contribution in [3.05, 3.63) is 65.2 Å². The number of rotatable bonds is 5. The van der Waals surface area contributed by atoms with Gasteiger partial charge in [0.2, 0.25) is 5.91 Å². The van der Waals surface area contributed by atoms with E-state index in [-0.39, 0.29) is 17.2 Å². The molecule has 0 bridgehead atoms. The number of carbonyl (C=O) groups is 2. The Balaban J connectivity index is 2.14. The van der Waals surface area contributed by atoms with Crippen LogP contribution in [0.3, 0.4) is 0 Å². The monoisotopic (exact) mass is 346 g/mol. The van der Waals surface area contributed by atoms with Crippen LogP contribution in [0, 0.1) is 24.5 Å². The maximum atomic E-state index is 13.8. The van der Waals surface area contributed by atoms with Crippen LogP contribution in [-0.4, -0.2) is 17.9 Å². The fraction of sp³-hybridized carbons (Fsp3) is 0.263. The second kappa shape index (κ2) is 7.88. The maximum absolute atomic E-state index is 13.8. The fourth-order valence-electron chi connectivity index (χ4n) is 2.31. The highest BCUT2D eigenvalue weighted by atomic mass is 19.1. The maximum Gasteiger partial charge on any atom is 0.251 e. The zero-order valence-electron chi connectivity index (χ0n) is 14.3. The molecule has 25 heavy (non-hydrogen) atoms. The van der Waals surface area contributed by atoms with Crippen LogP contribution in [0.25, 0.3) is 0 Å². The summed E-state index contributed by atoms with van der Waals surface area (Å²) in [6, 6.07) is 8.53. The van der Waals surface area contributed by atoms with Gasteiger partial charge in [-0.1, -0.05) is 19.9 Å². The largest absolute Gasteiger partial charge is 0.340 e. The molecule has 0 aromatic heterocycles. The van der Waals surface area contributed by atoms with Crippen molar-refractivity contribution in [3.63, 3.8) is 0 Å². The number of hydrogen-bond donors (Lipinski definition) is 2. The molecule has 0 fully saturated rings. The summed E-state index contributed by atoms with van der Waals surface area (Å²) < 4.78 is 26.8. The lowest BCUT2D eigenvalue weighted by Gasteiger charge is -2.22. The van der Waals surface area contributed by atoms with E-state index < -0.39 is 29.5 Å². The third-order valence-corrected chi connectivity index (χ3v) is 3.72. The average Bonchev–Trinajstić information content (AvgIpc) is 2.56. The van der Waals surface area contributed by atoms with Gasteiger partial charge >= 0.3 is 0 Å². The Kier molecular flexibility index (Phi) is 5.85. The third-order valence-electron chi connectivity index (χ3n) is 3.72. The van der Waals surface area contributed by atoms with Gasteiger partial charge in [0.25, 0.3) is 5.91 Å². The molecule has 0 aliphatic carbocycles. The highest BCUT2D eigenvalue weighted by Gasteiger charge is 2.25. The highest BCUT2D eigenvalue weighted by molar-refractivity contribution is 6.01. The van der Waals surface area contributed by atoms with Gasteiger partial charge in [-0.3, -0.25) is 9.59 Å². The zero-order chi connectivity index (χ0) is 18.6. The Morgan fingerprint density at radius 1 is 1.00 bits per heavy atom. The third kappa shape index (κ3) is 4.86. The number of carbonyl (C=O) groups excluding carboxylic acids is 2. The SMILES string of the molecule is Cc1ccc(F)c(NC(=O)[C@@H](NC(=O)c2ccc(F)cc2)C(C)C)c1. The number of halogens is 2. The van der Waals surface area contributed by atoms with Crippen LogP contribution in [0.15, 0.2) is 42.5 Å². The summed E-state index contributed by atoms with van der Waals surface area (Å²) in [5, 5.41) is 5.12. The van der Waals surface area contributed by atoms with Crippen LogP contribution >= 0.6 is 0 Å². The summed E-state index contributed by atoms with van der Waals surface area (Å²) in [6.07, 6.45) is 0. The molecular formula is C19H20F2N2O2. The van der Waals surface area contributed by atoms with E-state index in [0.29, 0.717) is 0 Å². The number of anilines is 1. The summed E-state index contributed by atoms with van der Waals surface area (Å²) in [4.78, 5) is 24.7. The van der Waals surface area contributed by atoms with Gasteiger partial charge in [0.15, 0.2) is 0 Å². The van der Waals surface area contributed by atoms with Crippen molar-refractivity contribution in [2.45, 2.75) is 26.8 Å². The number of hydrogen-bond acceptors (Lipinski definition) is 2. The van der Waals surface area contributed by atoms with Crippen LogP contribution in [-0.2, 0) is 4.79 Å². The molecule has 2 rings (SSSR count). The van der Waals surface area contributed by atoms with Gasteiger partial charge in [-0.25, -0.2) is 8.78 Å². The molecule has 132 valence electrons. The summed E-state index contributed by atoms with van der Waals surface area (Å²) in [6.45, 7) is 5.31. The summed E-state index contributed by atoms with van der Waals surface area (Å²) in [5.41, 5.74) is 1.10. The van der Waals surface area contributed by atoms with Crippen molar-refractivity contribution >= 4 is 17.5 Å². The minimum absolute atomic E-state index is 0.0617. The second-order valence-corrected chi connectivity index (χ2v) is 6.17. The topological polar surface area (TPSA) is 58.2 Å². The number of aryl methyl sites for hydroxylation is 1. The molecule has 0 saturated carbocycles. The lowest BCUT2D eigenvalue weighted by molar-refractivity contribution is -0.118. The molecular weight excluding hydrogens is 326 g/mol. The van der Waals surface area contributed by atoms with Crippen LogP contribution < -0.4 is 10.6 Å². The van der Waals surface area contributed by atoms with E-state index >= 15 is 0 Å². The molecule has 2 aromatic rings. The first kappa shape index (κ1) is 18.6. The van der Waals surface area contributed by atoms with Crippen molar-refractivity contribution in [1.82, 2.24) is 5.32 Å². The molecule has 2 N–H and O–H groups in total. The Bertz CT molecular complexity index is 773. The number of nitrogens with one attached hydrogen (secondary N) is 2. The summed E-state index contributed by atoms with van der Waals surface area (Å²) in [5.74, 6) is -2.25. The predicted molar refractivity (Wildman–Crippen MR) is 92.3 cm³/mol.